The second-order valence-electron chi connectivity index (χ2n) is 4.65. The summed E-state index contributed by atoms with van der Waals surface area (Å²) in [6.07, 6.45) is 13.5. The molecule has 0 saturated carbocycles. The van der Waals surface area contributed by atoms with Crippen LogP contribution in [0.25, 0.3) is 5.32 Å². The first kappa shape index (κ1) is 16.3. The molecule has 0 aromatic carbocycles. The van der Waals surface area contributed by atoms with Crippen LogP contribution in [0.2, 0.25) is 0 Å². The van der Waals surface area contributed by atoms with Crippen molar-refractivity contribution in [2.24, 2.45) is 10.7 Å². The van der Waals surface area contributed by atoms with Crippen LogP contribution in [0.15, 0.2) is 4.99 Å². The van der Waals surface area contributed by atoms with Crippen molar-refractivity contribution in [3.63, 3.8) is 0 Å². The first-order valence-corrected chi connectivity index (χ1v) is 7.21. The maximum atomic E-state index is 5.48. The topological polar surface area (TPSA) is 52.5 Å². The highest BCUT2D eigenvalue weighted by Crippen LogP contribution is 2.10. The van der Waals surface area contributed by atoms with Crippen molar-refractivity contribution >= 4 is 5.96 Å². The molecule has 0 radical (unpaired) electrons. The molecule has 0 spiro atoms. The zero-order valence-electron chi connectivity index (χ0n) is 11.7. The molecule has 0 atom stereocenters. The molecule has 0 amide bonds. The maximum Gasteiger partial charge on any atom is 0.00294 e. The molecular formula is C14H30N3-. The lowest BCUT2D eigenvalue weighted by Crippen LogP contribution is -2.09. The van der Waals surface area contributed by atoms with Gasteiger partial charge < -0.3 is 16.0 Å². The number of aliphatic imine (C=N–C) groups is 1. The van der Waals surface area contributed by atoms with Crippen molar-refractivity contribution in [3.8, 4) is 0 Å². The summed E-state index contributed by atoms with van der Waals surface area (Å²) in [5, 5.41) is 3.80. The fourth-order valence-electron chi connectivity index (χ4n) is 1.86. The smallest absolute Gasteiger partial charge is 0.00294 e. The third-order valence-electron chi connectivity index (χ3n) is 3.01. The van der Waals surface area contributed by atoms with E-state index in [9.17, 15) is 0 Å². The molecule has 0 fully saturated rings. The van der Waals surface area contributed by atoms with E-state index in [-0.39, 0.29) is 0 Å². The van der Waals surface area contributed by atoms with E-state index in [0.29, 0.717) is 5.96 Å². The van der Waals surface area contributed by atoms with Gasteiger partial charge in [-0.1, -0.05) is 64.7 Å². The van der Waals surface area contributed by atoms with E-state index in [0.717, 1.165) is 13.0 Å². The average Bonchev–Trinajstić information content (AvgIpc) is 2.35. The molecule has 0 aromatic heterocycles. The first-order chi connectivity index (χ1) is 8.31. The van der Waals surface area contributed by atoms with E-state index in [1.54, 1.807) is 7.05 Å². The summed E-state index contributed by atoms with van der Waals surface area (Å²) in [7, 11) is 1.68. The van der Waals surface area contributed by atoms with E-state index in [4.69, 9.17) is 5.73 Å². The van der Waals surface area contributed by atoms with Crippen molar-refractivity contribution < 1.29 is 0 Å². The van der Waals surface area contributed by atoms with Gasteiger partial charge in [0.25, 0.3) is 0 Å². The number of unbranched alkanes of at least 4 members (excludes halogenated alkanes) is 9. The lowest BCUT2D eigenvalue weighted by Gasteiger charge is -2.07. The van der Waals surface area contributed by atoms with Crippen molar-refractivity contribution in [1.82, 2.24) is 0 Å². The SMILES string of the molecule is CCCCCCCCCCCCN=C(N)[N-]C. The lowest BCUT2D eigenvalue weighted by molar-refractivity contribution is 0.558. The van der Waals surface area contributed by atoms with Gasteiger partial charge in [0.15, 0.2) is 0 Å². The molecule has 2 N–H and O–H groups in total. The number of guanidine groups is 1. The molecule has 0 heterocycles. The van der Waals surface area contributed by atoms with Crippen molar-refractivity contribution in [1.29, 1.82) is 0 Å². The third kappa shape index (κ3) is 13.2. The Morgan fingerprint density at radius 1 is 0.882 bits per heavy atom. The fourth-order valence-corrected chi connectivity index (χ4v) is 1.86. The Balaban J connectivity index is 3.04. The van der Waals surface area contributed by atoms with Crippen molar-refractivity contribution in [2.45, 2.75) is 71.1 Å². The summed E-state index contributed by atoms with van der Waals surface area (Å²) in [5.41, 5.74) is 5.48. The van der Waals surface area contributed by atoms with Crippen LogP contribution in [0.5, 0.6) is 0 Å². The van der Waals surface area contributed by atoms with E-state index in [2.05, 4.69) is 17.2 Å². The van der Waals surface area contributed by atoms with Crippen LogP contribution in [0.1, 0.15) is 71.1 Å². The third-order valence-corrected chi connectivity index (χ3v) is 3.01. The molecule has 17 heavy (non-hydrogen) atoms. The van der Waals surface area contributed by atoms with Gasteiger partial charge in [0.2, 0.25) is 0 Å². The Morgan fingerprint density at radius 2 is 1.35 bits per heavy atom. The number of hydrogen-bond donors (Lipinski definition) is 1. The fraction of sp³-hybridized carbons (Fsp3) is 0.929. The van der Waals surface area contributed by atoms with Gasteiger partial charge in [-0.05, 0) is 20.0 Å². The second-order valence-corrected chi connectivity index (χ2v) is 4.65. The van der Waals surface area contributed by atoms with Crippen LogP contribution in [-0.2, 0) is 0 Å². The molecule has 0 bridgehead atoms. The quantitative estimate of drug-likeness (QED) is 0.328. The molecule has 102 valence electrons. The monoisotopic (exact) mass is 240 g/mol. The normalized spacial score (nSPS) is 11.8. The minimum atomic E-state index is 0.431. The lowest BCUT2D eigenvalue weighted by atomic mass is 10.1. The van der Waals surface area contributed by atoms with Gasteiger partial charge >= 0.3 is 0 Å². The van der Waals surface area contributed by atoms with Gasteiger partial charge in [-0.3, -0.25) is 0 Å². The van der Waals surface area contributed by atoms with Crippen molar-refractivity contribution in [3.05, 3.63) is 5.32 Å². The highest BCUT2D eigenvalue weighted by molar-refractivity contribution is 5.90. The highest BCUT2D eigenvalue weighted by atomic mass is 15.1. The van der Waals surface area contributed by atoms with Crippen LogP contribution in [0.4, 0.5) is 0 Å². The minimum Gasteiger partial charge on any atom is -0.454 e. The van der Waals surface area contributed by atoms with E-state index >= 15 is 0 Å². The Labute approximate surface area is 107 Å². The Hall–Kier alpha value is -0.730. The molecule has 0 aromatic rings. The largest absolute Gasteiger partial charge is 0.454 e. The standard InChI is InChI=1S/C14H30N3/c1-3-4-5-6-7-8-9-10-11-12-13-17-14(15)16-2/h3-13H2,1-2H3,(H2-,15,16,17)/q-1. The highest BCUT2D eigenvalue weighted by Gasteiger charge is 1.91. The number of nitrogens with two attached hydrogens (primary N) is 1. The minimum absolute atomic E-state index is 0.431. The van der Waals surface area contributed by atoms with Gasteiger partial charge in [0.1, 0.15) is 0 Å². The molecule has 0 unspecified atom stereocenters. The Morgan fingerprint density at radius 3 is 1.82 bits per heavy atom. The first-order valence-electron chi connectivity index (χ1n) is 7.21. The zero-order valence-corrected chi connectivity index (χ0v) is 11.7. The Bertz CT molecular complexity index is 178. The summed E-state index contributed by atoms with van der Waals surface area (Å²) in [6, 6.07) is 0. The summed E-state index contributed by atoms with van der Waals surface area (Å²) in [5.74, 6) is 0.431. The van der Waals surface area contributed by atoms with Gasteiger partial charge in [-0.2, -0.15) is 0 Å². The Kier molecular flexibility index (Phi) is 12.8. The van der Waals surface area contributed by atoms with E-state index < -0.39 is 0 Å². The molecule has 3 heteroatoms. The second kappa shape index (κ2) is 13.3. The van der Waals surface area contributed by atoms with Gasteiger partial charge in [0, 0.05) is 5.96 Å². The predicted molar refractivity (Wildman–Crippen MR) is 77.6 cm³/mol. The molecule has 3 nitrogen and oxygen atoms in total. The van der Waals surface area contributed by atoms with Crippen LogP contribution in [0, 0.1) is 0 Å². The molecule has 0 aliphatic rings. The van der Waals surface area contributed by atoms with Gasteiger partial charge in [-0.15, -0.1) is 0 Å². The average molecular weight is 240 g/mol. The summed E-state index contributed by atoms with van der Waals surface area (Å²) >= 11 is 0. The number of nitrogens with zero attached hydrogens (tertiary/aromatic N) is 2. The number of rotatable bonds is 11. The molecular weight excluding hydrogens is 210 g/mol. The summed E-state index contributed by atoms with van der Waals surface area (Å²) in [4.78, 5) is 4.14. The summed E-state index contributed by atoms with van der Waals surface area (Å²) in [6.45, 7) is 3.10. The van der Waals surface area contributed by atoms with Crippen molar-refractivity contribution in [2.75, 3.05) is 13.6 Å². The van der Waals surface area contributed by atoms with Crippen LogP contribution >= 0.6 is 0 Å². The molecule has 0 aliphatic carbocycles. The molecule has 0 aliphatic heterocycles. The van der Waals surface area contributed by atoms with Gasteiger partial charge in [0.05, 0.1) is 0 Å². The van der Waals surface area contributed by atoms with Gasteiger partial charge in [-0.25, -0.2) is 0 Å². The van der Waals surface area contributed by atoms with E-state index in [1.165, 1.54) is 57.8 Å². The molecule has 0 saturated heterocycles. The number of hydrogen-bond acceptors (Lipinski definition) is 1. The van der Waals surface area contributed by atoms with Crippen LogP contribution < -0.4 is 5.73 Å². The van der Waals surface area contributed by atoms with Crippen LogP contribution in [-0.4, -0.2) is 19.6 Å². The van der Waals surface area contributed by atoms with Crippen LogP contribution in [0.3, 0.4) is 0 Å². The van der Waals surface area contributed by atoms with E-state index in [1.807, 2.05) is 0 Å². The molecule has 0 rings (SSSR count). The maximum absolute atomic E-state index is 5.48. The zero-order chi connectivity index (χ0) is 12.8. The summed E-state index contributed by atoms with van der Waals surface area (Å²) < 4.78 is 0. The predicted octanol–water partition coefficient (Wildman–Crippen LogP) is 4.23.